The summed E-state index contributed by atoms with van der Waals surface area (Å²) in [6.45, 7) is 6.57. The third kappa shape index (κ3) is 48.3. The molecule has 0 unspecified atom stereocenters. The Morgan fingerprint density at radius 1 is 0.328 bits per heavy atom. The van der Waals surface area contributed by atoms with Crippen molar-refractivity contribution < 1.29 is 28.6 Å². The number of hydrogen-bond acceptors (Lipinski definition) is 6. The van der Waals surface area contributed by atoms with Gasteiger partial charge in [0.25, 0.3) is 0 Å². The molecule has 0 aliphatic heterocycles. The maximum absolute atomic E-state index is 12.8. The van der Waals surface area contributed by atoms with Crippen molar-refractivity contribution in [2.24, 2.45) is 0 Å². The molecule has 0 aromatic carbocycles. The third-order valence-electron chi connectivity index (χ3n) is 11.3. The third-order valence-corrected chi connectivity index (χ3v) is 11.3. The minimum Gasteiger partial charge on any atom is -0.462 e. The molecule has 0 N–H and O–H groups in total. The van der Waals surface area contributed by atoms with Gasteiger partial charge < -0.3 is 14.2 Å². The van der Waals surface area contributed by atoms with E-state index in [-0.39, 0.29) is 31.1 Å². The van der Waals surface area contributed by atoms with Crippen LogP contribution >= 0.6 is 0 Å². The molecule has 0 spiro atoms. The van der Waals surface area contributed by atoms with Gasteiger partial charge in [-0.1, -0.05) is 211 Å². The fourth-order valence-corrected chi connectivity index (χ4v) is 7.33. The van der Waals surface area contributed by atoms with Crippen molar-refractivity contribution in [3.05, 3.63) is 48.6 Å². The number of carbonyl (C=O) groups is 3. The smallest absolute Gasteiger partial charge is 0.306 e. The standard InChI is InChI=1S/C55H98O6/c1-4-7-10-13-16-19-22-25-27-30-32-35-38-41-44-47-53(56)59-50-52(61-55(58)49-46-43-40-37-34-29-24-21-18-15-12-9-6-3)51-60-54(57)48-45-42-39-36-33-31-28-26-23-20-17-14-11-8-5-2/h16-17,19-20,25-28,52H,4-15,18,21-24,29-51H2,1-3H3/b19-16+,20-17+,27-25+,28-26+. The molecule has 0 heterocycles. The van der Waals surface area contributed by atoms with Gasteiger partial charge in [0.1, 0.15) is 13.2 Å². The molecule has 0 aromatic heterocycles. The maximum atomic E-state index is 12.8. The molecule has 0 rings (SSSR count). The van der Waals surface area contributed by atoms with Gasteiger partial charge in [-0.3, -0.25) is 14.4 Å². The van der Waals surface area contributed by atoms with Gasteiger partial charge in [-0.2, -0.15) is 0 Å². The van der Waals surface area contributed by atoms with E-state index < -0.39 is 6.10 Å². The van der Waals surface area contributed by atoms with Crippen molar-refractivity contribution in [2.75, 3.05) is 13.2 Å². The predicted octanol–water partition coefficient (Wildman–Crippen LogP) is 17.1. The minimum atomic E-state index is -0.781. The second-order valence-electron chi connectivity index (χ2n) is 17.4. The normalized spacial score (nSPS) is 11.9. The van der Waals surface area contributed by atoms with Crippen LogP contribution in [0.3, 0.4) is 0 Å². The first-order chi connectivity index (χ1) is 30.0. The monoisotopic (exact) mass is 855 g/mol. The van der Waals surface area contributed by atoms with Gasteiger partial charge in [0.2, 0.25) is 0 Å². The zero-order valence-corrected chi connectivity index (χ0v) is 40.4. The molecule has 0 bridgehead atoms. The minimum absolute atomic E-state index is 0.0829. The number of esters is 3. The number of rotatable bonds is 47. The highest BCUT2D eigenvalue weighted by Gasteiger charge is 2.19. The summed E-state index contributed by atoms with van der Waals surface area (Å²) >= 11 is 0. The maximum Gasteiger partial charge on any atom is 0.306 e. The van der Waals surface area contributed by atoms with Crippen LogP contribution in [-0.2, 0) is 28.6 Å². The fraction of sp³-hybridized carbons (Fsp3) is 0.800. The summed E-state index contributed by atoms with van der Waals surface area (Å²) in [6, 6.07) is 0. The van der Waals surface area contributed by atoms with Crippen LogP contribution in [-0.4, -0.2) is 37.2 Å². The Labute approximate surface area is 378 Å². The first kappa shape index (κ1) is 58.4. The van der Waals surface area contributed by atoms with Crippen LogP contribution in [0, 0.1) is 0 Å². The lowest BCUT2D eigenvalue weighted by molar-refractivity contribution is -0.167. The van der Waals surface area contributed by atoms with Gasteiger partial charge in [-0.25, -0.2) is 0 Å². The van der Waals surface area contributed by atoms with Gasteiger partial charge >= 0.3 is 17.9 Å². The van der Waals surface area contributed by atoms with Crippen LogP contribution < -0.4 is 0 Å². The first-order valence-corrected chi connectivity index (χ1v) is 26.1. The summed E-state index contributed by atoms with van der Waals surface area (Å²) in [6.07, 6.45) is 59.4. The highest BCUT2D eigenvalue weighted by molar-refractivity contribution is 5.71. The van der Waals surface area contributed by atoms with Crippen molar-refractivity contribution in [3.63, 3.8) is 0 Å². The van der Waals surface area contributed by atoms with Gasteiger partial charge in [0.15, 0.2) is 6.10 Å². The lowest BCUT2D eigenvalue weighted by atomic mass is 10.0. The highest BCUT2D eigenvalue weighted by atomic mass is 16.6. The van der Waals surface area contributed by atoms with Gasteiger partial charge in [0, 0.05) is 19.3 Å². The van der Waals surface area contributed by atoms with Crippen molar-refractivity contribution in [1.82, 2.24) is 0 Å². The molecule has 6 heteroatoms. The van der Waals surface area contributed by atoms with Crippen LogP contribution in [0.15, 0.2) is 48.6 Å². The van der Waals surface area contributed by atoms with Crippen LogP contribution in [0.5, 0.6) is 0 Å². The summed E-state index contributed by atoms with van der Waals surface area (Å²) in [5, 5.41) is 0. The molecule has 0 aromatic rings. The summed E-state index contributed by atoms with van der Waals surface area (Å²) in [4.78, 5) is 38.0. The number of allylic oxidation sites excluding steroid dienone is 8. The molecule has 0 radical (unpaired) electrons. The molecule has 0 aliphatic rings. The quantitative estimate of drug-likeness (QED) is 0.0263. The Morgan fingerprint density at radius 3 is 0.934 bits per heavy atom. The zero-order valence-electron chi connectivity index (χ0n) is 40.4. The van der Waals surface area contributed by atoms with E-state index >= 15 is 0 Å². The average molecular weight is 855 g/mol. The van der Waals surface area contributed by atoms with E-state index in [1.165, 1.54) is 128 Å². The van der Waals surface area contributed by atoms with Gasteiger partial charge in [0.05, 0.1) is 0 Å². The summed E-state index contributed by atoms with van der Waals surface area (Å²) < 4.78 is 16.8. The van der Waals surface area contributed by atoms with E-state index in [9.17, 15) is 14.4 Å². The van der Waals surface area contributed by atoms with Crippen molar-refractivity contribution in [2.45, 2.75) is 271 Å². The van der Waals surface area contributed by atoms with Crippen LogP contribution in [0.4, 0.5) is 0 Å². The number of carbonyl (C=O) groups excluding carboxylic acids is 3. The van der Waals surface area contributed by atoms with E-state index in [1.807, 2.05) is 0 Å². The Morgan fingerprint density at radius 2 is 0.590 bits per heavy atom. The second-order valence-corrected chi connectivity index (χ2v) is 17.4. The fourth-order valence-electron chi connectivity index (χ4n) is 7.33. The van der Waals surface area contributed by atoms with E-state index in [0.717, 1.165) is 96.3 Å². The van der Waals surface area contributed by atoms with E-state index in [2.05, 4.69) is 69.4 Å². The van der Waals surface area contributed by atoms with Crippen LogP contribution in [0.25, 0.3) is 0 Å². The second kappa shape index (κ2) is 50.0. The summed E-state index contributed by atoms with van der Waals surface area (Å²) in [5.74, 6) is -0.901. The Bertz CT molecular complexity index is 1010. The molecule has 6 nitrogen and oxygen atoms in total. The van der Waals surface area contributed by atoms with E-state index in [0.29, 0.717) is 19.3 Å². The number of hydrogen-bond donors (Lipinski definition) is 0. The van der Waals surface area contributed by atoms with Crippen LogP contribution in [0.1, 0.15) is 265 Å². The molecule has 0 amide bonds. The molecular weight excluding hydrogens is 757 g/mol. The molecule has 0 fully saturated rings. The zero-order chi connectivity index (χ0) is 44.4. The van der Waals surface area contributed by atoms with Crippen molar-refractivity contribution in [1.29, 1.82) is 0 Å². The number of ether oxygens (including phenoxy) is 3. The Hall–Kier alpha value is -2.63. The highest BCUT2D eigenvalue weighted by Crippen LogP contribution is 2.15. The number of unbranched alkanes of at least 4 members (excludes halogenated alkanes) is 28. The lowest BCUT2D eigenvalue weighted by Gasteiger charge is -2.18. The summed E-state index contributed by atoms with van der Waals surface area (Å²) in [5.41, 5.74) is 0. The summed E-state index contributed by atoms with van der Waals surface area (Å²) in [7, 11) is 0. The van der Waals surface area contributed by atoms with Crippen molar-refractivity contribution in [3.8, 4) is 0 Å². The van der Waals surface area contributed by atoms with E-state index in [4.69, 9.17) is 14.2 Å². The Balaban J connectivity index is 4.40. The predicted molar refractivity (Wildman–Crippen MR) is 261 cm³/mol. The molecular formula is C55H98O6. The molecule has 0 saturated carbocycles. The van der Waals surface area contributed by atoms with Crippen molar-refractivity contribution >= 4 is 17.9 Å². The Kier molecular flexibility index (Phi) is 47.9. The topological polar surface area (TPSA) is 78.9 Å². The van der Waals surface area contributed by atoms with Gasteiger partial charge in [-0.15, -0.1) is 0 Å². The van der Waals surface area contributed by atoms with Gasteiger partial charge in [-0.05, 0) is 83.5 Å². The van der Waals surface area contributed by atoms with E-state index in [1.54, 1.807) is 0 Å². The van der Waals surface area contributed by atoms with Crippen LogP contribution in [0.2, 0.25) is 0 Å². The molecule has 354 valence electrons. The molecule has 0 atom stereocenters. The largest absolute Gasteiger partial charge is 0.462 e. The lowest BCUT2D eigenvalue weighted by Crippen LogP contribution is -2.30. The SMILES string of the molecule is CCCCC/C=C/C/C=C/CCCCCCCC(=O)OCC(COC(=O)CCCCCCC/C=C/C/C=C/CCCCC)OC(=O)CCCCCCCCCCCCCCC. The molecule has 0 saturated heterocycles. The first-order valence-electron chi connectivity index (χ1n) is 26.1. The molecule has 61 heavy (non-hydrogen) atoms. The molecule has 0 aliphatic carbocycles. The average Bonchev–Trinajstić information content (AvgIpc) is 3.26.